The number of rotatable bonds is 1. The lowest BCUT2D eigenvalue weighted by atomic mass is 10.1. The van der Waals surface area contributed by atoms with E-state index in [1.54, 1.807) is 6.07 Å². The van der Waals surface area contributed by atoms with E-state index in [0.29, 0.717) is 11.3 Å². The molecular formula is C13H8Cl2N2O. The highest BCUT2D eigenvalue weighted by Gasteiger charge is 2.13. The molecule has 3 aromatic rings. The Morgan fingerprint density at radius 3 is 2.72 bits per heavy atom. The van der Waals surface area contributed by atoms with Gasteiger partial charge in [0.15, 0.2) is 10.3 Å². The highest BCUT2D eigenvalue weighted by molar-refractivity contribution is 6.33. The summed E-state index contributed by atoms with van der Waals surface area (Å²) in [4.78, 5) is 0. The molecule has 0 N–H and O–H groups in total. The number of benzene rings is 1. The quantitative estimate of drug-likeness (QED) is 0.658. The molecule has 0 saturated heterocycles. The third kappa shape index (κ3) is 1.85. The highest BCUT2D eigenvalue weighted by Crippen LogP contribution is 2.33. The number of hydrogen-bond donors (Lipinski definition) is 0. The number of aromatic nitrogens is 2. The Hall–Kier alpha value is -1.58. The van der Waals surface area contributed by atoms with Crippen LogP contribution < -0.4 is 0 Å². The van der Waals surface area contributed by atoms with Crippen LogP contribution >= 0.6 is 23.2 Å². The predicted octanol–water partition coefficient (Wildman–Crippen LogP) is 4.51. The molecule has 3 nitrogen and oxygen atoms in total. The molecule has 0 aliphatic carbocycles. The average Bonchev–Trinajstić information content (AvgIpc) is 2.77. The van der Waals surface area contributed by atoms with Gasteiger partial charge in [-0.2, -0.15) is 0 Å². The number of furan rings is 1. The average molecular weight is 279 g/mol. The van der Waals surface area contributed by atoms with Crippen molar-refractivity contribution in [1.29, 1.82) is 0 Å². The summed E-state index contributed by atoms with van der Waals surface area (Å²) in [7, 11) is 0. The summed E-state index contributed by atoms with van der Waals surface area (Å²) in [6.45, 7) is 2.00. The van der Waals surface area contributed by atoms with E-state index < -0.39 is 0 Å². The topological polar surface area (TPSA) is 38.9 Å². The van der Waals surface area contributed by atoms with Gasteiger partial charge >= 0.3 is 0 Å². The molecular weight excluding hydrogens is 271 g/mol. The standard InChI is InChI=1S/C13H8Cl2N2O/c1-7-3-2-4-8-5-10(18-12(7)8)9-6-11(14)16-17-13(9)15/h2-6H,1H3. The summed E-state index contributed by atoms with van der Waals surface area (Å²) >= 11 is 11.8. The first-order valence-electron chi connectivity index (χ1n) is 5.33. The van der Waals surface area contributed by atoms with E-state index in [4.69, 9.17) is 27.6 Å². The van der Waals surface area contributed by atoms with Crippen molar-refractivity contribution < 1.29 is 4.42 Å². The van der Waals surface area contributed by atoms with Gasteiger partial charge in [0.1, 0.15) is 11.3 Å². The Bertz CT molecular complexity index is 737. The Morgan fingerprint density at radius 1 is 1.11 bits per heavy atom. The van der Waals surface area contributed by atoms with Crippen LogP contribution in [0.4, 0.5) is 0 Å². The minimum Gasteiger partial charge on any atom is -0.456 e. The lowest BCUT2D eigenvalue weighted by Gasteiger charge is -1.98. The second-order valence-corrected chi connectivity index (χ2v) is 4.72. The Balaban J connectivity index is 2.26. The van der Waals surface area contributed by atoms with Gasteiger partial charge in [-0.1, -0.05) is 41.4 Å². The maximum Gasteiger partial charge on any atom is 0.162 e. The maximum absolute atomic E-state index is 6.01. The van der Waals surface area contributed by atoms with Crippen molar-refractivity contribution in [3.8, 4) is 11.3 Å². The van der Waals surface area contributed by atoms with Crippen LogP contribution in [0, 0.1) is 6.92 Å². The summed E-state index contributed by atoms with van der Waals surface area (Å²) in [6, 6.07) is 9.52. The van der Waals surface area contributed by atoms with Crippen LogP contribution in [0.1, 0.15) is 5.56 Å². The van der Waals surface area contributed by atoms with E-state index in [-0.39, 0.29) is 10.3 Å². The second-order valence-electron chi connectivity index (χ2n) is 3.98. The van der Waals surface area contributed by atoms with Gasteiger partial charge in [-0.25, -0.2) is 0 Å². The Morgan fingerprint density at radius 2 is 1.94 bits per heavy atom. The van der Waals surface area contributed by atoms with E-state index >= 15 is 0 Å². The molecule has 0 aliphatic heterocycles. The fourth-order valence-electron chi connectivity index (χ4n) is 1.87. The van der Waals surface area contributed by atoms with E-state index in [1.807, 2.05) is 31.2 Å². The molecule has 0 spiro atoms. The van der Waals surface area contributed by atoms with Crippen molar-refractivity contribution in [1.82, 2.24) is 10.2 Å². The van der Waals surface area contributed by atoms with E-state index in [2.05, 4.69) is 10.2 Å². The molecule has 2 aromatic heterocycles. The molecule has 5 heteroatoms. The summed E-state index contributed by atoms with van der Waals surface area (Å²) in [6.07, 6.45) is 0. The van der Waals surface area contributed by atoms with E-state index in [9.17, 15) is 0 Å². The monoisotopic (exact) mass is 278 g/mol. The molecule has 2 heterocycles. The highest BCUT2D eigenvalue weighted by atomic mass is 35.5. The van der Waals surface area contributed by atoms with Crippen LogP contribution in [0.5, 0.6) is 0 Å². The molecule has 0 saturated carbocycles. The summed E-state index contributed by atoms with van der Waals surface area (Å²) in [5.41, 5.74) is 2.56. The van der Waals surface area contributed by atoms with Crippen molar-refractivity contribution >= 4 is 34.2 Å². The fourth-order valence-corrected chi connectivity index (χ4v) is 2.20. The number of halogens is 2. The van der Waals surface area contributed by atoms with Crippen molar-refractivity contribution in [3.63, 3.8) is 0 Å². The normalized spacial score (nSPS) is 11.1. The van der Waals surface area contributed by atoms with Crippen molar-refractivity contribution in [2.24, 2.45) is 0 Å². The third-order valence-corrected chi connectivity index (χ3v) is 3.19. The van der Waals surface area contributed by atoms with Gasteiger partial charge in [0.25, 0.3) is 0 Å². The number of para-hydroxylation sites is 1. The Labute approximate surface area is 113 Å². The fraction of sp³-hybridized carbons (Fsp3) is 0.0769. The molecule has 90 valence electrons. The van der Waals surface area contributed by atoms with Crippen molar-refractivity contribution in [2.45, 2.75) is 6.92 Å². The minimum absolute atomic E-state index is 0.274. The van der Waals surface area contributed by atoms with Gasteiger partial charge in [0.2, 0.25) is 0 Å². The van der Waals surface area contributed by atoms with E-state index in [1.165, 1.54) is 0 Å². The molecule has 0 bridgehead atoms. The maximum atomic E-state index is 6.01. The first-order valence-corrected chi connectivity index (χ1v) is 6.09. The Kier molecular flexibility index (Phi) is 2.73. The van der Waals surface area contributed by atoms with Crippen LogP contribution in [0.25, 0.3) is 22.3 Å². The van der Waals surface area contributed by atoms with Gasteiger partial charge in [0, 0.05) is 5.39 Å². The smallest absolute Gasteiger partial charge is 0.162 e. The number of hydrogen-bond acceptors (Lipinski definition) is 3. The molecule has 0 amide bonds. The lowest BCUT2D eigenvalue weighted by Crippen LogP contribution is -1.86. The van der Waals surface area contributed by atoms with E-state index in [0.717, 1.165) is 16.5 Å². The molecule has 0 radical (unpaired) electrons. The zero-order valence-electron chi connectivity index (χ0n) is 9.45. The van der Waals surface area contributed by atoms with Gasteiger partial charge < -0.3 is 4.42 Å². The molecule has 0 aliphatic rings. The number of fused-ring (bicyclic) bond motifs is 1. The van der Waals surface area contributed by atoms with Crippen LogP contribution in [0.2, 0.25) is 10.3 Å². The zero-order chi connectivity index (χ0) is 12.7. The molecule has 1 aromatic carbocycles. The van der Waals surface area contributed by atoms with Crippen molar-refractivity contribution in [2.75, 3.05) is 0 Å². The molecule has 0 atom stereocenters. The SMILES string of the molecule is Cc1cccc2cc(-c3cc(Cl)nnc3Cl)oc12. The largest absolute Gasteiger partial charge is 0.456 e. The zero-order valence-corrected chi connectivity index (χ0v) is 11.0. The van der Waals surface area contributed by atoms with Crippen LogP contribution in [0.3, 0.4) is 0 Å². The number of aryl methyl sites for hydroxylation is 1. The van der Waals surface area contributed by atoms with Gasteiger partial charge in [-0.05, 0) is 24.6 Å². The van der Waals surface area contributed by atoms with Crippen molar-refractivity contribution in [3.05, 3.63) is 46.2 Å². The third-order valence-electron chi connectivity index (χ3n) is 2.73. The molecule has 0 fully saturated rings. The summed E-state index contributed by atoms with van der Waals surface area (Å²) in [5, 5.41) is 9.03. The lowest BCUT2D eigenvalue weighted by molar-refractivity contribution is 0.628. The van der Waals surface area contributed by atoms with Gasteiger partial charge in [0.05, 0.1) is 5.56 Å². The minimum atomic E-state index is 0.274. The van der Waals surface area contributed by atoms with Gasteiger partial charge in [-0.15, -0.1) is 10.2 Å². The first kappa shape index (κ1) is 11.5. The second kappa shape index (κ2) is 4.26. The van der Waals surface area contributed by atoms with Crippen LogP contribution in [0.15, 0.2) is 34.7 Å². The molecule has 0 unspecified atom stereocenters. The van der Waals surface area contributed by atoms with Crippen LogP contribution in [-0.2, 0) is 0 Å². The number of nitrogens with zero attached hydrogens (tertiary/aromatic N) is 2. The first-order chi connectivity index (χ1) is 8.65. The summed E-state index contributed by atoms with van der Waals surface area (Å²) in [5.74, 6) is 0.640. The molecule has 18 heavy (non-hydrogen) atoms. The molecule has 3 rings (SSSR count). The summed E-state index contributed by atoms with van der Waals surface area (Å²) < 4.78 is 5.81. The van der Waals surface area contributed by atoms with Gasteiger partial charge in [-0.3, -0.25) is 0 Å². The predicted molar refractivity (Wildman–Crippen MR) is 72.0 cm³/mol. The van der Waals surface area contributed by atoms with Crippen LogP contribution in [-0.4, -0.2) is 10.2 Å².